The number of carbonyl (C=O) groups is 1. The van der Waals surface area contributed by atoms with Gasteiger partial charge < -0.3 is 14.8 Å². The molecule has 0 radical (unpaired) electrons. The number of nitrogens with one attached hydrogen (secondary N) is 1. The Bertz CT molecular complexity index is 202. The molecule has 0 heterocycles. The highest BCUT2D eigenvalue weighted by Crippen LogP contribution is 2.47. The van der Waals surface area contributed by atoms with Crippen LogP contribution in [0.5, 0.6) is 0 Å². The van der Waals surface area contributed by atoms with Gasteiger partial charge in [0.25, 0.3) is 0 Å². The second-order valence-corrected chi connectivity index (χ2v) is 4.18. The van der Waals surface area contributed by atoms with Crippen LogP contribution >= 0.6 is 0 Å². The Morgan fingerprint density at radius 2 is 2.13 bits per heavy atom. The van der Waals surface area contributed by atoms with E-state index in [4.69, 9.17) is 9.47 Å². The normalized spacial score (nSPS) is 17.5. The fourth-order valence-corrected chi connectivity index (χ4v) is 1.48. The fourth-order valence-electron chi connectivity index (χ4n) is 1.48. The molecule has 1 aliphatic rings. The minimum atomic E-state index is -0.0224. The van der Waals surface area contributed by atoms with Crippen LogP contribution in [0.3, 0.4) is 0 Å². The van der Waals surface area contributed by atoms with Crippen LogP contribution in [0.2, 0.25) is 0 Å². The topological polar surface area (TPSA) is 47.6 Å². The number of ether oxygens (including phenoxy) is 2. The molecule has 1 rings (SSSR count). The maximum atomic E-state index is 11.3. The van der Waals surface area contributed by atoms with Crippen molar-refractivity contribution >= 4 is 5.91 Å². The van der Waals surface area contributed by atoms with Crippen molar-refractivity contribution in [3.63, 3.8) is 0 Å². The number of hydrogen-bond acceptors (Lipinski definition) is 3. The van der Waals surface area contributed by atoms with Gasteiger partial charge >= 0.3 is 0 Å². The zero-order valence-electron chi connectivity index (χ0n) is 9.67. The lowest BCUT2D eigenvalue weighted by molar-refractivity contribution is -0.126. The van der Waals surface area contributed by atoms with Gasteiger partial charge in [-0.3, -0.25) is 4.79 Å². The number of carbonyl (C=O) groups excluding carboxylic acids is 1. The molecule has 1 N–H and O–H groups in total. The molecule has 1 fully saturated rings. The van der Waals surface area contributed by atoms with Crippen LogP contribution in [0.1, 0.15) is 26.2 Å². The summed E-state index contributed by atoms with van der Waals surface area (Å²) in [6.07, 6.45) is 3.64. The van der Waals surface area contributed by atoms with Crippen LogP contribution in [0.4, 0.5) is 0 Å². The van der Waals surface area contributed by atoms with Crippen molar-refractivity contribution in [2.45, 2.75) is 26.2 Å². The number of rotatable bonds is 8. The molecule has 0 aromatic rings. The molecule has 0 bridgehead atoms. The van der Waals surface area contributed by atoms with Gasteiger partial charge in [0.2, 0.25) is 5.91 Å². The second kappa shape index (κ2) is 6.08. The maximum Gasteiger partial charge on any atom is 0.246 e. The molecule has 15 heavy (non-hydrogen) atoms. The van der Waals surface area contributed by atoms with E-state index in [1.54, 1.807) is 7.11 Å². The van der Waals surface area contributed by atoms with Crippen LogP contribution < -0.4 is 5.32 Å². The van der Waals surface area contributed by atoms with Crippen LogP contribution in [-0.4, -0.2) is 39.4 Å². The van der Waals surface area contributed by atoms with Crippen molar-refractivity contribution in [3.8, 4) is 0 Å². The van der Waals surface area contributed by atoms with E-state index in [0.717, 1.165) is 13.0 Å². The average molecular weight is 215 g/mol. The Kier molecular flexibility index (Phi) is 5.05. The smallest absolute Gasteiger partial charge is 0.246 e. The highest BCUT2D eigenvalue weighted by atomic mass is 16.5. The summed E-state index contributed by atoms with van der Waals surface area (Å²) in [6.45, 7) is 4.13. The van der Waals surface area contributed by atoms with Gasteiger partial charge in [-0.1, -0.05) is 6.92 Å². The molecule has 0 aromatic heterocycles. The van der Waals surface area contributed by atoms with E-state index < -0.39 is 0 Å². The molecule has 0 aromatic carbocycles. The molecular formula is C11H21NO3. The van der Waals surface area contributed by atoms with E-state index in [-0.39, 0.29) is 12.5 Å². The predicted octanol–water partition coefficient (Wildman–Crippen LogP) is 0.956. The van der Waals surface area contributed by atoms with Crippen LogP contribution in [0.25, 0.3) is 0 Å². The van der Waals surface area contributed by atoms with Gasteiger partial charge in [0.1, 0.15) is 6.61 Å². The van der Waals surface area contributed by atoms with E-state index in [2.05, 4.69) is 12.2 Å². The lowest BCUT2D eigenvalue weighted by Crippen LogP contribution is -2.33. The summed E-state index contributed by atoms with van der Waals surface area (Å²) < 4.78 is 9.93. The van der Waals surface area contributed by atoms with Crippen molar-refractivity contribution in [2.24, 2.45) is 5.41 Å². The molecular weight excluding hydrogens is 194 g/mol. The Labute approximate surface area is 91.3 Å². The molecule has 88 valence electrons. The SMILES string of the molecule is CCC1(CNC(=O)COCCOC)CC1. The number of amides is 1. The molecule has 0 aliphatic heterocycles. The summed E-state index contributed by atoms with van der Waals surface area (Å²) in [7, 11) is 1.61. The van der Waals surface area contributed by atoms with Crippen molar-refractivity contribution < 1.29 is 14.3 Å². The molecule has 0 saturated heterocycles. The summed E-state index contributed by atoms with van der Waals surface area (Å²) >= 11 is 0. The van der Waals surface area contributed by atoms with Crippen molar-refractivity contribution in [2.75, 3.05) is 33.5 Å². The van der Waals surface area contributed by atoms with Gasteiger partial charge in [-0.2, -0.15) is 0 Å². The summed E-state index contributed by atoms with van der Waals surface area (Å²) in [5.74, 6) is -0.0224. The van der Waals surface area contributed by atoms with Gasteiger partial charge in [0.15, 0.2) is 0 Å². The lowest BCUT2D eigenvalue weighted by Gasteiger charge is -2.13. The number of methoxy groups -OCH3 is 1. The Morgan fingerprint density at radius 3 is 2.67 bits per heavy atom. The quantitative estimate of drug-likeness (QED) is 0.613. The first-order chi connectivity index (χ1) is 7.22. The largest absolute Gasteiger partial charge is 0.382 e. The number of hydrogen-bond donors (Lipinski definition) is 1. The summed E-state index contributed by atoms with van der Waals surface area (Å²) in [6, 6.07) is 0. The monoisotopic (exact) mass is 215 g/mol. The summed E-state index contributed by atoms with van der Waals surface area (Å²) in [5, 5.41) is 2.91. The average Bonchev–Trinajstić information content (AvgIpc) is 3.02. The van der Waals surface area contributed by atoms with Gasteiger partial charge in [-0.05, 0) is 24.7 Å². The summed E-state index contributed by atoms with van der Waals surface area (Å²) in [5.41, 5.74) is 0.405. The van der Waals surface area contributed by atoms with E-state index in [0.29, 0.717) is 18.6 Å². The fraction of sp³-hybridized carbons (Fsp3) is 0.909. The highest BCUT2D eigenvalue weighted by molar-refractivity contribution is 5.77. The maximum absolute atomic E-state index is 11.3. The third-order valence-corrected chi connectivity index (χ3v) is 3.03. The first-order valence-electron chi connectivity index (χ1n) is 5.56. The van der Waals surface area contributed by atoms with Crippen molar-refractivity contribution in [1.29, 1.82) is 0 Å². The van der Waals surface area contributed by atoms with Crippen LogP contribution in [-0.2, 0) is 14.3 Å². The first kappa shape index (κ1) is 12.5. The highest BCUT2D eigenvalue weighted by Gasteiger charge is 2.40. The molecule has 1 aliphatic carbocycles. The van der Waals surface area contributed by atoms with E-state index in [1.807, 2.05) is 0 Å². The molecule has 0 unspecified atom stereocenters. The standard InChI is InChI=1S/C11H21NO3/c1-3-11(4-5-11)9-12-10(13)8-15-7-6-14-2/h3-9H2,1-2H3,(H,12,13). The van der Waals surface area contributed by atoms with E-state index in [9.17, 15) is 4.79 Å². The predicted molar refractivity (Wildman–Crippen MR) is 57.7 cm³/mol. The second-order valence-electron chi connectivity index (χ2n) is 4.18. The Balaban J connectivity index is 1.99. The minimum absolute atomic E-state index is 0.0224. The van der Waals surface area contributed by atoms with E-state index in [1.165, 1.54) is 12.8 Å². The Morgan fingerprint density at radius 1 is 1.40 bits per heavy atom. The Hall–Kier alpha value is -0.610. The minimum Gasteiger partial charge on any atom is -0.382 e. The lowest BCUT2D eigenvalue weighted by atomic mass is 10.0. The molecule has 4 heteroatoms. The van der Waals surface area contributed by atoms with Gasteiger partial charge in [0.05, 0.1) is 13.2 Å². The van der Waals surface area contributed by atoms with Crippen molar-refractivity contribution in [3.05, 3.63) is 0 Å². The van der Waals surface area contributed by atoms with Crippen molar-refractivity contribution in [1.82, 2.24) is 5.32 Å². The van der Waals surface area contributed by atoms with Gasteiger partial charge in [-0.15, -0.1) is 0 Å². The zero-order valence-corrected chi connectivity index (χ0v) is 9.67. The van der Waals surface area contributed by atoms with Gasteiger partial charge in [0, 0.05) is 13.7 Å². The third kappa shape index (κ3) is 4.62. The molecule has 0 spiro atoms. The van der Waals surface area contributed by atoms with Crippen LogP contribution in [0.15, 0.2) is 0 Å². The molecule has 0 atom stereocenters. The van der Waals surface area contributed by atoms with E-state index >= 15 is 0 Å². The molecule has 4 nitrogen and oxygen atoms in total. The van der Waals surface area contributed by atoms with Gasteiger partial charge in [-0.25, -0.2) is 0 Å². The third-order valence-electron chi connectivity index (χ3n) is 3.03. The molecule has 1 amide bonds. The molecule has 1 saturated carbocycles. The zero-order chi connectivity index (χ0) is 11.1. The summed E-state index contributed by atoms with van der Waals surface area (Å²) in [4.78, 5) is 11.3. The first-order valence-corrected chi connectivity index (χ1v) is 5.56. The van der Waals surface area contributed by atoms with Crippen LogP contribution in [0, 0.1) is 5.41 Å².